The molecule has 0 aromatic carbocycles. The Bertz CT molecular complexity index is 1830. The molecule has 0 spiro atoms. The van der Waals surface area contributed by atoms with Crippen molar-refractivity contribution in [2.24, 2.45) is 0 Å². The first-order valence-electron chi connectivity index (χ1n) is 39.3. The average molecular weight is 1310 g/mol. The average Bonchev–Trinajstić information content (AvgIpc) is 2.14. The fourth-order valence-corrected chi connectivity index (χ4v) is 12.2. The van der Waals surface area contributed by atoms with Gasteiger partial charge in [0.15, 0.2) is 6.10 Å². The fraction of sp³-hybridized carbons (Fsp3) is 0.805. The van der Waals surface area contributed by atoms with E-state index in [1.165, 1.54) is 270 Å². The van der Waals surface area contributed by atoms with Gasteiger partial charge in [-0.3, -0.25) is 18.6 Å². The summed E-state index contributed by atoms with van der Waals surface area (Å²) in [4.78, 5) is 36.0. The van der Waals surface area contributed by atoms with Crippen LogP contribution in [0.15, 0.2) is 85.1 Å². The van der Waals surface area contributed by atoms with Crippen molar-refractivity contribution in [2.45, 2.75) is 380 Å². The van der Waals surface area contributed by atoms with E-state index in [1.54, 1.807) is 0 Å². The Morgan fingerprint density at radius 3 is 0.924 bits per heavy atom. The molecule has 0 heterocycles. The van der Waals surface area contributed by atoms with Crippen molar-refractivity contribution in [3.05, 3.63) is 85.1 Å². The molecule has 2 atom stereocenters. The zero-order valence-electron chi connectivity index (χ0n) is 61.3. The first-order valence-corrected chi connectivity index (χ1v) is 40.8. The number of likely N-dealkylation sites (N-methyl/N-ethyl adjacent to an activating group) is 1. The Balaban J connectivity index is 3.94. The maximum absolute atomic E-state index is 12.9. The standard InChI is InChI=1S/C82H150NO8P/c1-6-8-10-12-14-16-18-20-22-24-26-28-30-32-34-36-38-40-41-43-45-47-49-51-53-55-57-59-61-63-65-67-69-71-73-75-82(85)91-80(79-90-92(86,87)89-77-76-83(3,4)5)78-88-81(84)74-72-70-68-66-64-62-60-58-56-54-52-50-48-46-44-42-39-37-35-33-31-29-27-25-23-21-19-17-15-13-11-9-7-2/h8,10,14,16,19-22,25-28,31,33,80H,6-7,9,11-13,15,17-18,23-24,29-30,32,34-79H2,1-5H3/p+1/b10-8-,16-14-,21-19-,22-20-,27-25-,28-26-,33-31-. The minimum Gasteiger partial charge on any atom is -0.462 e. The van der Waals surface area contributed by atoms with Crippen LogP contribution in [0.2, 0.25) is 0 Å². The molecule has 9 nitrogen and oxygen atoms in total. The molecule has 0 saturated carbocycles. The molecule has 0 amide bonds. The van der Waals surface area contributed by atoms with Crippen LogP contribution in [-0.2, 0) is 32.7 Å². The van der Waals surface area contributed by atoms with Crippen molar-refractivity contribution in [1.29, 1.82) is 0 Å². The SMILES string of the molecule is CC/C=C\C/C=C\C/C=C\C/C=C\CCCCCCCCCCCCCCCCCCCCCCCCC(=O)OC(COC(=O)CCCCCCCCCCCCCCCCCCCC/C=C\C/C=C\C/C=C\CCCCCCC)COP(=O)(O)OCC[N+](C)(C)C. The molecule has 0 aromatic rings. The third kappa shape index (κ3) is 76.2. The van der Waals surface area contributed by atoms with Crippen LogP contribution in [-0.4, -0.2) is 74.9 Å². The van der Waals surface area contributed by atoms with E-state index in [1.807, 2.05) is 21.1 Å². The molecular weight excluding hydrogens is 1160 g/mol. The molecule has 2 unspecified atom stereocenters. The monoisotopic (exact) mass is 1310 g/mol. The van der Waals surface area contributed by atoms with Crippen LogP contribution in [0.5, 0.6) is 0 Å². The summed E-state index contributed by atoms with van der Waals surface area (Å²) in [7, 11) is 1.49. The van der Waals surface area contributed by atoms with Gasteiger partial charge in [-0.1, -0.05) is 356 Å². The third-order valence-electron chi connectivity index (χ3n) is 17.4. The number of allylic oxidation sites excluding steroid dienone is 14. The predicted octanol–water partition coefficient (Wildman–Crippen LogP) is 26.1. The molecule has 1 N–H and O–H groups in total. The molecule has 0 aromatic heterocycles. The lowest BCUT2D eigenvalue weighted by Crippen LogP contribution is -2.37. The number of ether oxygens (including phenoxy) is 2. The zero-order chi connectivity index (χ0) is 66.9. The topological polar surface area (TPSA) is 108 Å². The van der Waals surface area contributed by atoms with E-state index in [4.69, 9.17) is 18.5 Å². The second-order valence-corrected chi connectivity index (χ2v) is 29.2. The minimum atomic E-state index is -4.40. The third-order valence-corrected chi connectivity index (χ3v) is 18.4. The zero-order valence-corrected chi connectivity index (χ0v) is 62.2. The first kappa shape index (κ1) is 89.2. The van der Waals surface area contributed by atoms with Crippen molar-refractivity contribution < 1.29 is 42.1 Å². The van der Waals surface area contributed by atoms with Crippen LogP contribution in [0, 0.1) is 0 Å². The van der Waals surface area contributed by atoms with E-state index >= 15 is 0 Å². The lowest BCUT2D eigenvalue weighted by atomic mass is 10.0. The second-order valence-electron chi connectivity index (χ2n) is 27.7. The molecule has 0 bridgehead atoms. The second kappa shape index (κ2) is 72.5. The molecule has 92 heavy (non-hydrogen) atoms. The smallest absolute Gasteiger partial charge is 0.462 e. The predicted molar refractivity (Wildman–Crippen MR) is 399 cm³/mol. The Morgan fingerprint density at radius 1 is 0.348 bits per heavy atom. The summed E-state index contributed by atoms with van der Waals surface area (Å²) in [5.41, 5.74) is 0. The molecule has 0 saturated heterocycles. The Kier molecular flexibility index (Phi) is 70.2. The highest BCUT2D eigenvalue weighted by atomic mass is 31.2. The van der Waals surface area contributed by atoms with Gasteiger partial charge in [0.1, 0.15) is 19.8 Å². The minimum absolute atomic E-state index is 0.0323. The lowest BCUT2D eigenvalue weighted by molar-refractivity contribution is -0.870. The Hall–Kier alpha value is -2.81. The van der Waals surface area contributed by atoms with Crippen LogP contribution in [0.25, 0.3) is 0 Å². The quantitative estimate of drug-likeness (QED) is 0.0211. The van der Waals surface area contributed by atoms with Gasteiger partial charge in [0.05, 0.1) is 27.7 Å². The molecular formula is C82H151NO8P+. The number of phosphoric ester groups is 1. The molecule has 536 valence electrons. The molecule has 10 heteroatoms. The van der Waals surface area contributed by atoms with Gasteiger partial charge in [-0.2, -0.15) is 0 Å². The van der Waals surface area contributed by atoms with Crippen LogP contribution in [0.3, 0.4) is 0 Å². The number of quaternary nitrogens is 1. The normalized spacial score (nSPS) is 13.5. The first-order chi connectivity index (χ1) is 45.0. The highest BCUT2D eigenvalue weighted by Crippen LogP contribution is 2.43. The van der Waals surface area contributed by atoms with Crippen LogP contribution < -0.4 is 0 Å². The Morgan fingerprint density at radius 2 is 0.620 bits per heavy atom. The van der Waals surface area contributed by atoms with Crippen molar-refractivity contribution in [3.63, 3.8) is 0 Å². The van der Waals surface area contributed by atoms with E-state index in [9.17, 15) is 19.0 Å². The summed E-state index contributed by atoms with van der Waals surface area (Å²) in [5.74, 6) is -0.779. The van der Waals surface area contributed by atoms with Gasteiger partial charge in [0.25, 0.3) is 0 Å². The summed E-state index contributed by atoms with van der Waals surface area (Å²) >= 11 is 0. The van der Waals surface area contributed by atoms with E-state index < -0.39 is 26.5 Å². The van der Waals surface area contributed by atoms with Gasteiger partial charge in [-0.25, -0.2) is 4.57 Å². The number of nitrogens with zero attached hydrogens (tertiary/aromatic N) is 1. The number of unbranched alkanes of at least 4 members (excludes halogenated alkanes) is 45. The van der Waals surface area contributed by atoms with Crippen LogP contribution in [0.4, 0.5) is 0 Å². The molecule has 0 rings (SSSR count). The summed E-state index contributed by atoms with van der Waals surface area (Å²) in [5, 5.41) is 0. The summed E-state index contributed by atoms with van der Waals surface area (Å²) in [6.07, 6.45) is 100. The number of carbonyl (C=O) groups excluding carboxylic acids is 2. The highest BCUT2D eigenvalue weighted by molar-refractivity contribution is 7.47. The van der Waals surface area contributed by atoms with E-state index in [2.05, 4.69) is 98.9 Å². The van der Waals surface area contributed by atoms with Crippen molar-refractivity contribution in [3.8, 4) is 0 Å². The largest absolute Gasteiger partial charge is 0.472 e. The van der Waals surface area contributed by atoms with E-state index in [0.29, 0.717) is 23.9 Å². The summed E-state index contributed by atoms with van der Waals surface area (Å²) < 4.78 is 34.8. The van der Waals surface area contributed by atoms with Gasteiger partial charge in [-0.05, 0) is 89.9 Å². The van der Waals surface area contributed by atoms with E-state index in [0.717, 1.165) is 70.6 Å². The maximum Gasteiger partial charge on any atom is 0.472 e. The van der Waals surface area contributed by atoms with Crippen molar-refractivity contribution in [1.82, 2.24) is 0 Å². The maximum atomic E-state index is 12.9. The fourth-order valence-electron chi connectivity index (χ4n) is 11.4. The van der Waals surface area contributed by atoms with Gasteiger partial charge in [0, 0.05) is 12.8 Å². The van der Waals surface area contributed by atoms with E-state index in [-0.39, 0.29) is 25.6 Å². The van der Waals surface area contributed by atoms with Crippen molar-refractivity contribution >= 4 is 19.8 Å². The van der Waals surface area contributed by atoms with Crippen LogP contribution >= 0.6 is 7.82 Å². The van der Waals surface area contributed by atoms with Crippen LogP contribution in [0.1, 0.15) is 373 Å². The molecule has 0 aliphatic heterocycles. The number of phosphoric acid groups is 1. The highest BCUT2D eigenvalue weighted by Gasteiger charge is 2.27. The number of rotatable bonds is 73. The Labute approximate surface area is 571 Å². The number of hydrogen-bond acceptors (Lipinski definition) is 7. The molecule has 0 aliphatic carbocycles. The van der Waals surface area contributed by atoms with Gasteiger partial charge >= 0.3 is 19.8 Å². The summed E-state index contributed by atoms with van der Waals surface area (Å²) in [6, 6.07) is 0. The molecule has 0 aliphatic rings. The lowest BCUT2D eigenvalue weighted by Gasteiger charge is -2.24. The number of esters is 2. The number of carbonyl (C=O) groups is 2. The van der Waals surface area contributed by atoms with Gasteiger partial charge in [-0.15, -0.1) is 0 Å². The summed E-state index contributed by atoms with van der Waals surface area (Å²) in [6.45, 7) is 4.37. The van der Waals surface area contributed by atoms with Gasteiger partial charge in [0.2, 0.25) is 0 Å². The molecule has 0 fully saturated rings. The van der Waals surface area contributed by atoms with Crippen molar-refractivity contribution in [2.75, 3.05) is 47.5 Å². The number of hydrogen-bond donors (Lipinski definition) is 1. The molecule has 0 radical (unpaired) electrons. The van der Waals surface area contributed by atoms with Gasteiger partial charge < -0.3 is 18.9 Å².